The fraction of sp³-hybridized carbons (Fsp3) is 0.462. The Kier molecular flexibility index (Phi) is 6.25. The number of halogens is 2. The molecule has 0 unspecified atom stereocenters. The predicted octanol–water partition coefficient (Wildman–Crippen LogP) is 2.99. The molecule has 3 nitrogen and oxygen atoms in total. The lowest BCUT2D eigenvalue weighted by atomic mass is 10.1. The Bertz CT molecular complexity index is 403. The van der Waals surface area contributed by atoms with Crippen LogP contribution in [0.5, 0.6) is 0 Å². The molecular weight excluding hydrogens is 259 g/mol. The van der Waals surface area contributed by atoms with Gasteiger partial charge in [-0.25, -0.2) is 4.39 Å². The van der Waals surface area contributed by atoms with Gasteiger partial charge in [-0.2, -0.15) is 0 Å². The highest BCUT2D eigenvalue weighted by Crippen LogP contribution is 2.20. The summed E-state index contributed by atoms with van der Waals surface area (Å²) in [4.78, 5) is 11.9. The van der Waals surface area contributed by atoms with Crippen molar-refractivity contribution in [2.24, 2.45) is 0 Å². The predicted molar refractivity (Wildman–Crippen MR) is 67.2 cm³/mol. The first-order chi connectivity index (χ1) is 8.60. The van der Waals surface area contributed by atoms with Crippen LogP contribution in [0.1, 0.15) is 19.4 Å². The van der Waals surface area contributed by atoms with Crippen LogP contribution in [0.3, 0.4) is 0 Å². The highest BCUT2D eigenvalue weighted by molar-refractivity contribution is 6.31. The minimum absolute atomic E-state index is 0.0126. The normalized spacial score (nSPS) is 10.9. The second-order valence-electron chi connectivity index (χ2n) is 3.60. The van der Waals surface area contributed by atoms with Gasteiger partial charge in [0.05, 0.1) is 5.02 Å². The summed E-state index contributed by atoms with van der Waals surface area (Å²) in [5.41, 5.74) is 0.436. The van der Waals surface area contributed by atoms with Crippen molar-refractivity contribution in [2.45, 2.75) is 26.6 Å². The summed E-state index contributed by atoms with van der Waals surface area (Å²) in [7, 11) is 0. The highest BCUT2D eigenvalue weighted by atomic mass is 35.5. The van der Waals surface area contributed by atoms with Gasteiger partial charge in [0.25, 0.3) is 0 Å². The standard InChI is InChI=1S/C13H16ClFO3/c1-3-17-13(18-4-2)11(16)8-9-6-5-7-10(15)12(9)14/h5-7,13H,3-4,8H2,1-2H3. The van der Waals surface area contributed by atoms with E-state index >= 15 is 0 Å². The molecule has 0 aliphatic carbocycles. The molecule has 0 spiro atoms. The summed E-state index contributed by atoms with van der Waals surface area (Å²) in [6.07, 6.45) is -0.930. The van der Waals surface area contributed by atoms with Crippen molar-refractivity contribution in [3.63, 3.8) is 0 Å². The first kappa shape index (κ1) is 15.1. The molecule has 0 aliphatic heterocycles. The van der Waals surface area contributed by atoms with Crippen molar-refractivity contribution in [3.05, 3.63) is 34.6 Å². The van der Waals surface area contributed by atoms with E-state index in [0.29, 0.717) is 18.8 Å². The number of benzene rings is 1. The Labute approximate surface area is 111 Å². The summed E-state index contributed by atoms with van der Waals surface area (Å²) in [5, 5.41) is -0.0300. The zero-order valence-electron chi connectivity index (χ0n) is 10.4. The molecule has 0 bridgehead atoms. The maximum Gasteiger partial charge on any atom is 0.218 e. The number of ketones is 1. The van der Waals surface area contributed by atoms with Gasteiger partial charge >= 0.3 is 0 Å². The molecular formula is C13H16ClFO3. The molecule has 1 aromatic rings. The molecule has 0 atom stereocenters. The molecule has 100 valence electrons. The molecule has 0 saturated carbocycles. The Morgan fingerprint density at radius 2 is 1.94 bits per heavy atom. The van der Waals surface area contributed by atoms with Crippen molar-refractivity contribution in [1.82, 2.24) is 0 Å². The second-order valence-corrected chi connectivity index (χ2v) is 3.98. The van der Waals surface area contributed by atoms with Gasteiger partial charge in [-0.3, -0.25) is 4.79 Å². The summed E-state index contributed by atoms with van der Waals surface area (Å²) in [6, 6.07) is 4.37. The van der Waals surface area contributed by atoms with Gasteiger partial charge < -0.3 is 9.47 Å². The topological polar surface area (TPSA) is 35.5 Å². The molecule has 0 aliphatic rings. The maximum absolute atomic E-state index is 13.2. The van der Waals surface area contributed by atoms with Crippen LogP contribution in [-0.4, -0.2) is 25.3 Å². The van der Waals surface area contributed by atoms with E-state index in [1.165, 1.54) is 12.1 Å². The lowest BCUT2D eigenvalue weighted by Crippen LogP contribution is -2.29. The van der Waals surface area contributed by atoms with E-state index in [1.54, 1.807) is 19.9 Å². The molecule has 0 aromatic heterocycles. The average molecular weight is 275 g/mol. The van der Waals surface area contributed by atoms with Crippen molar-refractivity contribution in [3.8, 4) is 0 Å². The van der Waals surface area contributed by atoms with Crippen molar-refractivity contribution < 1.29 is 18.7 Å². The minimum Gasteiger partial charge on any atom is -0.346 e. The Morgan fingerprint density at radius 1 is 1.33 bits per heavy atom. The van der Waals surface area contributed by atoms with E-state index < -0.39 is 12.1 Å². The van der Waals surface area contributed by atoms with Crippen LogP contribution in [0.4, 0.5) is 4.39 Å². The minimum atomic E-state index is -0.917. The van der Waals surface area contributed by atoms with E-state index in [-0.39, 0.29) is 17.2 Å². The van der Waals surface area contributed by atoms with Crippen LogP contribution in [0.15, 0.2) is 18.2 Å². The number of hydrogen-bond donors (Lipinski definition) is 0. The highest BCUT2D eigenvalue weighted by Gasteiger charge is 2.20. The fourth-order valence-corrected chi connectivity index (χ4v) is 1.69. The number of carbonyl (C=O) groups excluding carboxylic acids is 1. The number of ether oxygens (including phenoxy) is 2. The van der Waals surface area contributed by atoms with Crippen LogP contribution in [0.25, 0.3) is 0 Å². The van der Waals surface area contributed by atoms with Gasteiger partial charge in [-0.1, -0.05) is 23.7 Å². The molecule has 5 heteroatoms. The smallest absolute Gasteiger partial charge is 0.218 e. The Hall–Kier alpha value is -0.970. The van der Waals surface area contributed by atoms with Gasteiger partial charge in [0.15, 0.2) is 5.78 Å². The van der Waals surface area contributed by atoms with Crippen LogP contribution in [0, 0.1) is 5.82 Å². The fourth-order valence-electron chi connectivity index (χ4n) is 1.49. The molecule has 0 heterocycles. The summed E-state index contributed by atoms with van der Waals surface area (Å²) >= 11 is 5.79. The third-order valence-electron chi connectivity index (χ3n) is 2.30. The van der Waals surface area contributed by atoms with Gasteiger partial charge in [-0.05, 0) is 25.5 Å². The van der Waals surface area contributed by atoms with E-state index in [0.717, 1.165) is 0 Å². The maximum atomic E-state index is 13.2. The summed E-state index contributed by atoms with van der Waals surface area (Å²) in [5.74, 6) is -0.808. The first-order valence-electron chi connectivity index (χ1n) is 5.78. The van der Waals surface area contributed by atoms with Gasteiger partial charge in [0, 0.05) is 19.6 Å². The SMILES string of the molecule is CCOC(OCC)C(=O)Cc1cccc(F)c1Cl. The third kappa shape index (κ3) is 4.05. The molecule has 0 amide bonds. The van der Waals surface area contributed by atoms with Crippen LogP contribution in [0.2, 0.25) is 5.02 Å². The molecule has 0 fully saturated rings. The van der Waals surface area contributed by atoms with Crippen LogP contribution in [-0.2, 0) is 20.7 Å². The number of hydrogen-bond acceptors (Lipinski definition) is 3. The van der Waals surface area contributed by atoms with E-state index in [1.807, 2.05) is 0 Å². The summed E-state index contributed by atoms with van der Waals surface area (Å²) < 4.78 is 23.6. The monoisotopic (exact) mass is 274 g/mol. The number of rotatable bonds is 7. The number of Topliss-reactive ketones (excluding diaryl/α,β-unsaturated/α-hetero) is 1. The second kappa shape index (κ2) is 7.46. The average Bonchev–Trinajstić information content (AvgIpc) is 2.34. The van der Waals surface area contributed by atoms with E-state index in [4.69, 9.17) is 21.1 Å². The van der Waals surface area contributed by atoms with Crippen LogP contribution >= 0.6 is 11.6 Å². The first-order valence-corrected chi connectivity index (χ1v) is 6.16. The van der Waals surface area contributed by atoms with Crippen LogP contribution < -0.4 is 0 Å². The van der Waals surface area contributed by atoms with Crippen molar-refractivity contribution >= 4 is 17.4 Å². The molecule has 1 rings (SSSR count). The lowest BCUT2D eigenvalue weighted by Gasteiger charge is -2.15. The molecule has 18 heavy (non-hydrogen) atoms. The Balaban J connectivity index is 2.75. The van der Waals surface area contributed by atoms with Gasteiger partial charge in [-0.15, -0.1) is 0 Å². The molecule has 0 radical (unpaired) electrons. The van der Waals surface area contributed by atoms with Gasteiger partial charge in [0.1, 0.15) is 5.82 Å². The molecule has 1 aromatic carbocycles. The number of carbonyl (C=O) groups is 1. The molecule has 0 saturated heterocycles. The van der Waals surface area contributed by atoms with E-state index in [9.17, 15) is 9.18 Å². The van der Waals surface area contributed by atoms with Gasteiger partial charge in [0.2, 0.25) is 6.29 Å². The Morgan fingerprint density at radius 3 is 2.50 bits per heavy atom. The van der Waals surface area contributed by atoms with Crippen molar-refractivity contribution in [2.75, 3.05) is 13.2 Å². The third-order valence-corrected chi connectivity index (χ3v) is 2.72. The quantitative estimate of drug-likeness (QED) is 0.717. The molecule has 0 N–H and O–H groups in total. The van der Waals surface area contributed by atoms with E-state index in [2.05, 4.69) is 0 Å². The summed E-state index contributed by atoms with van der Waals surface area (Å²) in [6.45, 7) is 4.28. The zero-order valence-corrected chi connectivity index (χ0v) is 11.2. The van der Waals surface area contributed by atoms with Crippen molar-refractivity contribution in [1.29, 1.82) is 0 Å². The lowest BCUT2D eigenvalue weighted by molar-refractivity contribution is -0.167. The largest absolute Gasteiger partial charge is 0.346 e. The zero-order chi connectivity index (χ0) is 13.5.